The van der Waals surface area contributed by atoms with Gasteiger partial charge in [0.25, 0.3) is 0 Å². The van der Waals surface area contributed by atoms with Crippen molar-refractivity contribution in [3.63, 3.8) is 0 Å². The zero-order valence-corrected chi connectivity index (χ0v) is 42.0. The van der Waals surface area contributed by atoms with Crippen molar-refractivity contribution in [3.05, 3.63) is 97.2 Å². The molecule has 0 spiro atoms. The summed E-state index contributed by atoms with van der Waals surface area (Å²) in [6, 6.07) is 0. The molecule has 0 amide bonds. The van der Waals surface area contributed by atoms with Gasteiger partial charge in [0, 0.05) is 13.0 Å². The molecule has 0 radical (unpaired) electrons. The van der Waals surface area contributed by atoms with Crippen molar-refractivity contribution >= 4 is 16.4 Å². The number of carbonyl (C=O) groups excluding carboxylic acids is 1. The number of hydrogen-bond acceptors (Lipinski definition) is 11. The second-order valence-electron chi connectivity index (χ2n) is 17.0. The molecule has 0 aromatic carbocycles. The molecular formula is C54H90O12S. The van der Waals surface area contributed by atoms with E-state index in [1.165, 1.54) is 32.1 Å². The van der Waals surface area contributed by atoms with Crippen LogP contribution in [0.15, 0.2) is 97.2 Å². The Morgan fingerprint density at radius 3 is 1.52 bits per heavy atom. The molecule has 0 aromatic rings. The lowest BCUT2D eigenvalue weighted by molar-refractivity contribution is -0.301. The molecule has 1 fully saturated rings. The second-order valence-corrected chi connectivity index (χ2v) is 18.1. The van der Waals surface area contributed by atoms with Crippen molar-refractivity contribution in [2.24, 2.45) is 0 Å². The summed E-state index contributed by atoms with van der Waals surface area (Å²) in [6.07, 6.45) is 51.5. The highest BCUT2D eigenvalue weighted by atomic mass is 32.3. The van der Waals surface area contributed by atoms with Crippen LogP contribution in [0, 0.1) is 0 Å². The fourth-order valence-corrected chi connectivity index (χ4v) is 7.63. The monoisotopic (exact) mass is 963 g/mol. The van der Waals surface area contributed by atoms with Crippen LogP contribution in [0.3, 0.4) is 0 Å². The number of rotatable bonds is 43. The lowest BCUT2D eigenvalue weighted by Crippen LogP contribution is -2.60. The molecule has 13 heteroatoms. The van der Waals surface area contributed by atoms with E-state index in [9.17, 15) is 33.1 Å². The van der Waals surface area contributed by atoms with Gasteiger partial charge in [-0.15, -0.1) is 0 Å². The largest absolute Gasteiger partial charge is 0.457 e. The van der Waals surface area contributed by atoms with E-state index >= 15 is 0 Å². The lowest BCUT2D eigenvalue weighted by atomic mass is 9.99. The van der Waals surface area contributed by atoms with Gasteiger partial charge in [-0.25, -0.2) is 4.18 Å². The van der Waals surface area contributed by atoms with Crippen LogP contribution >= 0.6 is 0 Å². The number of aliphatic hydroxyl groups is 3. The number of allylic oxidation sites excluding steroid dienone is 16. The quantitative estimate of drug-likeness (QED) is 0.0197. The summed E-state index contributed by atoms with van der Waals surface area (Å²) in [4.78, 5) is 12.9. The van der Waals surface area contributed by atoms with E-state index in [-0.39, 0.29) is 19.6 Å². The number of unbranched alkanes of at least 4 members (excludes halogenated alkanes) is 14. The van der Waals surface area contributed by atoms with Gasteiger partial charge in [-0.1, -0.05) is 169 Å². The molecule has 1 aliphatic heterocycles. The van der Waals surface area contributed by atoms with E-state index in [0.29, 0.717) is 13.0 Å². The number of carbonyl (C=O) groups is 1. The van der Waals surface area contributed by atoms with Gasteiger partial charge in [0.15, 0.2) is 6.29 Å². The highest BCUT2D eigenvalue weighted by Crippen LogP contribution is 2.26. The van der Waals surface area contributed by atoms with E-state index < -0.39 is 59.8 Å². The third-order valence-electron chi connectivity index (χ3n) is 10.9. The molecule has 0 aliphatic carbocycles. The van der Waals surface area contributed by atoms with Gasteiger partial charge in [0.05, 0.1) is 19.8 Å². The Labute approximate surface area is 406 Å². The van der Waals surface area contributed by atoms with Gasteiger partial charge >= 0.3 is 16.4 Å². The zero-order chi connectivity index (χ0) is 48.9. The van der Waals surface area contributed by atoms with Gasteiger partial charge in [-0.2, -0.15) is 8.42 Å². The van der Waals surface area contributed by atoms with Crippen LogP contribution in [0.25, 0.3) is 0 Å². The molecule has 1 saturated heterocycles. The highest BCUT2D eigenvalue weighted by molar-refractivity contribution is 7.80. The zero-order valence-electron chi connectivity index (χ0n) is 41.2. The summed E-state index contributed by atoms with van der Waals surface area (Å²) in [5.41, 5.74) is 0. The molecule has 67 heavy (non-hydrogen) atoms. The minimum atomic E-state index is -5.07. The van der Waals surface area contributed by atoms with E-state index in [4.69, 9.17) is 18.9 Å². The molecule has 384 valence electrons. The molecule has 0 bridgehead atoms. The van der Waals surface area contributed by atoms with Crippen LogP contribution in [-0.4, -0.2) is 97.5 Å². The normalized spacial score (nSPS) is 20.2. The molecule has 1 aliphatic rings. The average molecular weight is 963 g/mol. The van der Waals surface area contributed by atoms with Crippen molar-refractivity contribution in [2.45, 2.75) is 211 Å². The Hall–Kier alpha value is -2.98. The van der Waals surface area contributed by atoms with Crippen LogP contribution in [0.2, 0.25) is 0 Å². The first-order chi connectivity index (χ1) is 32.6. The number of ether oxygens (including phenoxy) is 4. The average Bonchev–Trinajstić information content (AvgIpc) is 3.30. The van der Waals surface area contributed by atoms with Crippen molar-refractivity contribution in [3.8, 4) is 0 Å². The Balaban J connectivity index is 2.38. The van der Waals surface area contributed by atoms with Crippen molar-refractivity contribution in [1.82, 2.24) is 0 Å². The minimum Gasteiger partial charge on any atom is -0.457 e. The molecule has 12 nitrogen and oxygen atoms in total. The molecular weight excluding hydrogens is 873 g/mol. The summed E-state index contributed by atoms with van der Waals surface area (Å²) in [5.74, 6) is -0.422. The fraction of sp³-hybridized carbons (Fsp3) is 0.685. The highest BCUT2D eigenvalue weighted by Gasteiger charge is 2.48. The minimum absolute atomic E-state index is 0.00908. The van der Waals surface area contributed by atoms with Gasteiger partial charge in [0.2, 0.25) is 0 Å². The summed E-state index contributed by atoms with van der Waals surface area (Å²) in [6.45, 7) is 3.78. The SMILES string of the molecule is CC/C=C\C/C=C\C/C=C\C/C=C\C/C=C\C/C=C\C/C=C\CCCCCCOCC(COC1OC(CO)C(O)C(OS(=O)(=O)O)C1O)OC(=O)CCCCCCC/C=C\CCCCCCC. The van der Waals surface area contributed by atoms with Crippen LogP contribution in [0.1, 0.15) is 174 Å². The first-order valence-corrected chi connectivity index (χ1v) is 26.9. The van der Waals surface area contributed by atoms with Crippen molar-refractivity contribution < 1.29 is 56.2 Å². The lowest BCUT2D eigenvalue weighted by Gasteiger charge is -2.41. The summed E-state index contributed by atoms with van der Waals surface area (Å²) in [7, 11) is -5.07. The Bertz CT molecular complexity index is 1530. The first kappa shape index (κ1) is 62.0. The third kappa shape index (κ3) is 37.6. The van der Waals surface area contributed by atoms with Gasteiger partial charge in [-0.05, 0) is 96.3 Å². The van der Waals surface area contributed by atoms with Gasteiger partial charge in [-0.3, -0.25) is 9.35 Å². The fourth-order valence-electron chi connectivity index (χ4n) is 7.12. The predicted octanol–water partition coefficient (Wildman–Crippen LogP) is 11.8. The number of hydrogen-bond donors (Lipinski definition) is 4. The molecule has 0 aromatic heterocycles. The predicted molar refractivity (Wildman–Crippen MR) is 271 cm³/mol. The summed E-state index contributed by atoms with van der Waals surface area (Å²) >= 11 is 0. The summed E-state index contributed by atoms with van der Waals surface area (Å²) in [5, 5.41) is 30.7. The van der Waals surface area contributed by atoms with E-state index in [1.54, 1.807) is 0 Å². The standard InChI is InChI=1S/C54H90O12S/c1-3-5-7-9-11-13-15-17-19-20-21-22-23-24-25-26-27-28-29-30-32-34-36-38-40-42-44-62-46-48(47-63-54-52(58)53(66-67(59,60)61)51(57)49(45-55)65-54)64-50(56)43-41-39-37-35-33-31-18-16-14-12-10-8-6-4-2/h5,7,11,13,16-19,21-22,24-25,27-28,30,32,48-49,51-55,57-58H,3-4,6,8-10,12,14-15,20,23,26,29,31,33-47H2,1-2H3,(H,59,60,61)/b7-5-,13-11-,18-16-,19-17-,22-21-,25-24-,28-27-,32-30-. The smallest absolute Gasteiger partial charge is 0.397 e. The van der Waals surface area contributed by atoms with Crippen molar-refractivity contribution in [2.75, 3.05) is 26.4 Å². The van der Waals surface area contributed by atoms with Crippen LogP contribution in [0.4, 0.5) is 0 Å². The number of esters is 1. The molecule has 4 N–H and O–H groups in total. The Morgan fingerprint density at radius 1 is 0.582 bits per heavy atom. The molecule has 1 heterocycles. The van der Waals surface area contributed by atoms with E-state index in [1.807, 2.05) is 0 Å². The maximum atomic E-state index is 12.9. The second kappa shape index (κ2) is 44.2. The molecule has 0 saturated carbocycles. The molecule has 6 atom stereocenters. The van der Waals surface area contributed by atoms with Crippen molar-refractivity contribution in [1.29, 1.82) is 0 Å². The van der Waals surface area contributed by atoms with Crippen LogP contribution < -0.4 is 0 Å². The summed E-state index contributed by atoms with van der Waals surface area (Å²) < 4.78 is 59.2. The van der Waals surface area contributed by atoms with Gasteiger partial charge < -0.3 is 34.3 Å². The van der Waals surface area contributed by atoms with Crippen LogP contribution in [-0.2, 0) is 38.3 Å². The maximum Gasteiger partial charge on any atom is 0.397 e. The third-order valence-corrected chi connectivity index (χ3v) is 11.4. The number of aliphatic hydroxyl groups excluding tert-OH is 3. The topological polar surface area (TPSA) is 178 Å². The van der Waals surface area contributed by atoms with Gasteiger partial charge in [0.1, 0.15) is 30.5 Å². The molecule has 6 unspecified atom stereocenters. The van der Waals surface area contributed by atoms with Crippen LogP contribution in [0.5, 0.6) is 0 Å². The Morgan fingerprint density at radius 2 is 1.03 bits per heavy atom. The van der Waals surface area contributed by atoms with E-state index in [0.717, 1.165) is 116 Å². The van der Waals surface area contributed by atoms with E-state index in [2.05, 4.69) is 115 Å². The molecule has 1 rings (SSSR count). The Kier molecular flexibility index (Phi) is 41.0. The maximum absolute atomic E-state index is 12.9. The first-order valence-electron chi connectivity index (χ1n) is 25.5.